The first kappa shape index (κ1) is 25.6. The molecule has 0 spiro atoms. The normalized spacial score (nSPS) is 16.1. The molecule has 3 heterocycles. The molecule has 1 aliphatic heterocycles. The number of carbonyl (C=O) groups excluding carboxylic acids is 1. The lowest BCUT2D eigenvalue weighted by Crippen LogP contribution is -2.38. The van der Waals surface area contributed by atoms with E-state index in [-0.39, 0.29) is 11.8 Å². The number of rotatable bonds is 8. The van der Waals surface area contributed by atoms with Crippen LogP contribution in [0.25, 0.3) is 22.0 Å². The maximum atomic E-state index is 12.6. The summed E-state index contributed by atoms with van der Waals surface area (Å²) in [5, 5.41) is 11.8. The predicted octanol–water partition coefficient (Wildman–Crippen LogP) is 5.94. The van der Waals surface area contributed by atoms with Crippen LogP contribution in [-0.2, 0) is 4.79 Å². The Morgan fingerprint density at radius 2 is 2.00 bits per heavy atom. The fourth-order valence-electron chi connectivity index (χ4n) is 4.62. The molecule has 0 aliphatic carbocycles. The highest BCUT2D eigenvalue weighted by atomic mass is 16.5. The highest BCUT2D eigenvalue weighted by molar-refractivity contribution is 6.05. The van der Waals surface area contributed by atoms with Gasteiger partial charge in [0.25, 0.3) is 0 Å². The summed E-state index contributed by atoms with van der Waals surface area (Å²) in [5.74, 6) is 1.69. The van der Waals surface area contributed by atoms with Gasteiger partial charge < -0.3 is 20.7 Å². The predicted molar refractivity (Wildman–Crippen MR) is 152 cm³/mol. The summed E-state index contributed by atoms with van der Waals surface area (Å²) >= 11 is 0. The maximum absolute atomic E-state index is 12.6. The first-order chi connectivity index (χ1) is 18.5. The molecule has 2 aromatic heterocycles. The summed E-state index contributed by atoms with van der Waals surface area (Å²) in [4.78, 5) is 26.4. The molecule has 196 valence electrons. The number of aromatic nitrogens is 3. The van der Waals surface area contributed by atoms with E-state index in [1.54, 1.807) is 12.4 Å². The lowest BCUT2D eigenvalue weighted by atomic mass is 10.0. The van der Waals surface area contributed by atoms with Gasteiger partial charge in [-0.2, -0.15) is 0 Å². The van der Waals surface area contributed by atoms with E-state index in [1.165, 1.54) is 0 Å². The van der Waals surface area contributed by atoms with E-state index in [0.29, 0.717) is 23.6 Å². The Morgan fingerprint density at radius 1 is 1.11 bits per heavy atom. The third-order valence-electron chi connectivity index (χ3n) is 7.06. The number of benzene rings is 2. The van der Waals surface area contributed by atoms with Gasteiger partial charge in [-0.3, -0.25) is 4.79 Å². The highest BCUT2D eigenvalue weighted by Crippen LogP contribution is 2.38. The Balaban J connectivity index is 1.47. The van der Waals surface area contributed by atoms with Crippen molar-refractivity contribution >= 4 is 28.3 Å². The maximum Gasteiger partial charge on any atom is 0.228 e. The third kappa shape index (κ3) is 5.60. The van der Waals surface area contributed by atoms with Gasteiger partial charge in [0.05, 0.1) is 11.3 Å². The minimum atomic E-state index is -0.0656. The number of nitrogens with zero attached hydrogens (tertiary/aromatic N) is 3. The summed E-state index contributed by atoms with van der Waals surface area (Å²) in [6.45, 7) is 7.90. The zero-order valence-corrected chi connectivity index (χ0v) is 22.1. The smallest absolute Gasteiger partial charge is 0.228 e. The molecule has 5 rings (SSSR count). The summed E-state index contributed by atoms with van der Waals surface area (Å²) in [6, 6.07) is 15.9. The molecule has 0 bridgehead atoms. The van der Waals surface area contributed by atoms with E-state index >= 15 is 0 Å². The van der Waals surface area contributed by atoms with E-state index in [4.69, 9.17) is 9.72 Å². The van der Waals surface area contributed by atoms with Crippen LogP contribution in [-0.4, -0.2) is 40.0 Å². The van der Waals surface area contributed by atoms with Crippen LogP contribution in [0.15, 0.2) is 60.9 Å². The number of hydrogen-bond acceptors (Lipinski definition) is 7. The van der Waals surface area contributed by atoms with Crippen molar-refractivity contribution in [3.8, 4) is 22.9 Å². The molecule has 4 aromatic rings. The molecule has 1 amide bonds. The minimum Gasteiger partial charge on any atom is -0.437 e. The Labute approximate surface area is 223 Å². The number of pyridine rings is 1. The van der Waals surface area contributed by atoms with Gasteiger partial charge in [0.2, 0.25) is 17.7 Å². The second-order valence-corrected chi connectivity index (χ2v) is 9.82. The molecular weight excluding hydrogens is 476 g/mol. The van der Waals surface area contributed by atoms with Gasteiger partial charge in [0.15, 0.2) is 0 Å². The quantitative estimate of drug-likeness (QED) is 0.270. The first-order valence-corrected chi connectivity index (χ1v) is 13.3. The number of piperidine rings is 1. The molecule has 0 radical (unpaired) electrons. The number of hydrogen-bond donors (Lipinski definition) is 3. The van der Waals surface area contributed by atoms with Crippen molar-refractivity contribution in [3.05, 3.63) is 66.5 Å². The molecule has 1 saturated heterocycles. The van der Waals surface area contributed by atoms with Crippen molar-refractivity contribution in [1.29, 1.82) is 0 Å². The Hall–Kier alpha value is -4.04. The topological polar surface area (TPSA) is 101 Å². The van der Waals surface area contributed by atoms with E-state index in [0.717, 1.165) is 65.6 Å². The summed E-state index contributed by atoms with van der Waals surface area (Å²) in [6.07, 6.45) is 6.47. The Bertz CT molecular complexity index is 1430. The zero-order chi connectivity index (χ0) is 26.5. The number of ether oxygens (including phenoxy) is 1. The van der Waals surface area contributed by atoms with Crippen LogP contribution in [0.4, 0.5) is 11.6 Å². The number of carbonyl (C=O) groups is 1. The number of amides is 1. The van der Waals surface area contributed by atoms with Crippen LogP contribution in [0.1, 0.15) is 38.7 Å². The first-order valence-electron chi connectivity index (χ1n) is 13.3. The second-order valence-electron chi connectivity index (χ2n) is 9.82. The van der Waals surface area contributed by atoms with Gasteiger partial charge in [-0.15, -0.1) is 0 Å². The van der Waals surface area contributed by atoms with Crippen molar-refractivity contribution in [2.75, 3.05) is 23.7 Å². The molecule has 1 aliphatic rings. The molecule has 1 unspecified atom stereocenters. The van der Waals surface area contributed by atoms with Gasteiger partial charge in [-0.05, 0) is 62.6 Å². The van der Waals surface area contributed by atoms with Crippen molar-refractivity contribution in [2.24, 2.45) is 5.92 Å². The van der Waals surface area contributed by atoms with Crippen molar-refractivity contribution in [3.63, 3.8) is 0 Å². The van der Waals surface area contributed by atoms with Gasteiger partial charge in [-0.1, -0.05) is 38.1 Å². The number of anilines is 2. The van der Waals surface area contributed by atoms with Crippen molar-refractivity contribution in [1.82, 2.24) is 20.3 Å². The summed E-state index contributed by atoms with van der Waals surface area (Å²) in [5.41, 5.74) is 3.24. The van der Waals surface area contributed by atoms with Crippen LogP contribution < -0.4 is 20.7 Å². The van der Waals surface area contributed by atoms with Gasteiger partial charge in [0, 0.05) is 47.4 Å². The second kappa shape index (κ2) is 11.6. The lowest BCUT2D eigenvalue weighted by Gasteiger charge is -2.23. The molecule has 8 heteroatoms. The molecular formula is C30H34N6O2. The van der Waals surface area contributed by atoms with Crippen LogP contribution in [0.5, 0.6) is 11.6 Å². The standard InChI is InChI=1S/C30H34N6O2/c1-4-19(2)28(37)35-25-11-5-9-23-22(25)13-12-20(3)27(23)38-29-24(10-7-16-32-29)26-14-17-33-30(36-26)34-21-8-6-15-31-18-21/h5,7,9-14,16-17,19,21,31H,4,6,8,15,18H2,1-3H3,(H,35,37)(H,33,34,36)/t19-,21?/m0/s1. The summed E-state index contributed by atoms with van der Waals surface area (Å²) in [7, 11) is 0. The molecule has 38 heavy (non-hydrogen) atoms. The fourth-order valence-corrected chi connectivity index (χ4v) is 4.62. The zero-order valence-electron chi connectivity index (χ0n) is 22.1. The van der Waals surface area contributed by atoms with Crippen LogP contribution in [0.2, 0.25) is 0 Å². The SMILES string of the molecule is CC[C@H](C)C(=O)Nc1cccc2c(Oc3ncccc3-c3ccnc(NC4CCCNC4)n3)c(C)ccc12. The Morgan fingerprint density at radius 3 is 2.82 bits per heavy atom. The average Bonchev–Trinajstić information content (AvgIpc) is 2.95. The summed E-state index contributed by atoms with van der Waals surface area (Å²) < 4.78 is 6.51. The lowest BCUT2D eigenvalue weighted by molar-refractivity contribution is -0.119. The third-order valence-corrected chi connectivity index (χ3v) is 7.06. The van der Waals surface area contributed by atoms with Crippen molar-refractivity contribution in [2.45, 2.75) is 46.1 Å². The van der Waals surface area contributed by atoms with Crippen LogP contribution in [0, 0.1) is 12.8 Å². The molecule has 8 nitrogen and oxygen atoms in total. The minimum absolute atomic E-state index is 0.00670. The Kier molecular flexibility index (Phi) is 7.79. The number of aryl methyl sites for hydroxylation is 1. The molecule has 3 N–H and O–H groups in total. The largest absolute Gasteiger partial charge is 0.437 e. The number of nitrogens with one attached hydrogen (secondary N) is 3. The van der Waals surface area contributed by atoms with E-state index < -0.39 is 0 Å². The van der Waals surface area contributed by atoms with E-state index in [1.807, 2.05) is 69.3 Å². The van der Waals surface area contributed by atoms with Crippen molar-refractivity contribution < 1.29 is 9.53 Å². The van der Waals surface area contributed by atoms with E-state index in [2.05, 4.69) is 25.9 Å². The van der Waals surface area contributed by atoms with Crippen LogP contribution in [0.3, 0.4) is 0 Å². The highest BCUT2D eigenvalue weighted by Gasteiger charge is 2.18. The van der Waals surface area contributed by atoms with Gasteiger partial charge in [-0.25, -0.2) is 15.0 Å². The average molecular weight is 511 g/mol. The monoisotopic (exact) mass is 510 g/mol. The van der Waals surface area contributed by atoms with Gasteiger partial charge >= 0.3 is 0 Å². The number of fused-ring (bicyclic) bond motifs is 1. The molecule has 1 fully saturated rings. The molecule has 2 aromatic carbocycles. The molecule has 2 atom stereocenters. The van der Waals surface area contributed by atoms with Gasteiger partial charge in [0.1, 0.15) is 5.75 Å². The van der Waals surface area contributed by atoms with Crippen LogP contribution >= 0.6 is 0 Å². The fraction of sp³-hybridized carbons (Fsp3) is 0.333. The molecule has 0 saturated carbocycles. The van der Waals surface area contributed by atoms with E-state index in [9.17, 15) is 4.79 Å².